The third-order valence-corrected chi connectivity index (χ3v) is 5.74. The maximum absolute atomic E-state index is 12.8. The largest absolute Gasteiger partial charge is 0.370 e. The van der Waals surface area contributed by atoms with Gasteiger partial charge in [-0.3, -0.25) is 10.1 Å². The molecule has 2 aliphatic heterocycles. The van der Waals surface area contributed by atoms with Crippen molar-refractivity contribution in [3.63, 3.8) is 0 Å². The smallest absolute Gasteiger partial charge is 0.322 e. The Kier molecular flexibility index (Phi) is 5.37. The normalized spacial score (nSPS) is 23.2. The summed E-state index contributed by atoms with van der Waals surface area (Å²) in [5.74, 6) is -0.439. The standard InChI is InChI=1S/C23H22ClN3O3/c1-15-3-2-12-27(20(15)28)14-23(21(29)25-22(30)26-23)18-8-4-16(5-9-18)13-17-6-10-19(24)11-7-17/h2-12,20,28H,13-14H2,1H3,(H2,25,26,29,30). The maximum atomic E-state index is 12.8. The molecular formula is C23H22ClN3O3. The van der Waals surface area contributed by atoms with E-state index in [9.17, 15) is 14.7 Å². The van der Waals surface area contributed by atoms with Crippen LogP contribution in [0.1, 0.15) is 23.6 Å². The molecule has 2 aromatic carbocycles. The number of imide groups is 1. The lowest BCUT2D eigenvalue weighted by molar-refractivity contribution is -0.125. The van der Waals surface area contributed by atoms with E-state index in [1.54, 1.807) is 17.2 Å². The first-order valence-corrected chi connectivity index (χ1v) is 10.0. The number of rotatable bonds is 5. The molecule has 3 amide bonds. The van der Waals surface area contributed by atoms with Crippen LogP contribution in [-0.4, -0.2) is 34.7 Å². The predicted molar refractivity (Wildman–Crippen MR) is 115 cm³/mol. The number of halogens is 1. The number of benzene rings is 2. The Labute approximate surface area is 179 Å². The fraction of sp³-hybridized carbons (Fsp3) is 0.217. The zero-order valence-electron chi connectivity index (χ0n) is 16.4. The van der Waals surface area contributed by atoms with Crippen LogP contribution >= 0.6 is 11.6 Å². The van der Waals surface area contributed by atoms with Gasteiger partial charge < -0.3 is 15.3 Å². The van der Waals surface area contributed by atoms with E-state index in [1.807, 2.05) is 61.5 Å². The average Bonchev–Trinajstić information content (AvgIpc) is 3.01. The lowest BCUT2D eigenvalue weighted by atomic mass is 9.87. The van der Waals surface area contributed by atoms with E-state index in [4.69, 9.17) is 11.6 Å². The average molecular weight is 424 g/mol. The van der Waals surface area contributed by atoms with Crippen molar-refractivity contribution in [1.82, 2.24) is 15.5 Å². The van der Waals surface area contributed by atoms with E-state index in [-0.39, 0.29) is 6.54 Å². The molecule has 30 heavy (non-hydrogen) atoms. The van der Waals surface area contributed by atoms with Gasteiger partial charge in [0.2, 0.25) is 0 Å². The lowest BCUT2D eigenvalue weighted by Gasteiger charge is -2.37. The van der Waals surface area contributed by atoms with Crippen molar-refractivity contribution < 1.29 is 14.7 Å². The molecule has 154 valence electrons. The van der Waals surface area contributed by atoms with Crippen molar-refractivity contribution in [2.75, 3.05) is 6.54 Å². The van der Waals surface area contributed by atoms with E-state index in [1.165, 1.54) is 0 Å². The van der Waals surface area contributed by atoms with Crippen molar-refractivity contribution in [3.8, 4) is 0 Å². The number of aliphatic hydroxyl groups excluding tert-OH is 1. The minimum absolute atomic E-state index is 0.101. The monoisotopic (exact) mass is 423 g/mol. The van der Waals surface area contributed by atoms with Crippen LogP contribution in [0.4, 0.5) is 4.79 Å². The highest BCUT2D eigenvalue weighted by molar-refractivity contribution is 6.30. The minimum atomic E-state index is -1.29. The quantitative estimate of drug-likeness (QED) is 0.645. The number of aliphatic hydroxyl groups is 1. The molecule has 7 heteroatoms. The molecule has 2 aromatic rings. The number of hydrogen-bond donors (Lipinski definition) is 3. The summed E-state index contributed by atoms with van der Waals surface area (Å²) < 4.78 is 0. The fourth-order valence-electron chi connectivity index (χ4n) is 3.79. The van der Waals surface area contributed by atoms with E-state index >= 15 is 0 Å². The van der Waals surface area contributed by atoms with Crippen LogP contribution in [0.25, 0.3) is 0 Å². The molecule has 0 spiro atoms. The van der Waals surface area contributed by atoms with Crippen LogP contribution in [0.15, 0.2) is 72.5 Å². The van der Waals surface area contributed by atoms with Crippen LogP contribution in [-0.2, 0) is 16.8 Å². The summed E-state index contributed by atoms with van der Waals surface area (Å²) in [4.78, 5) is 26.5. The highest BCUT2D eigenvalue weighted by atomic mass is 35.5. The lowest BCUT2D eigenvalue weighted by Crippen LogP contribution is -2.53. The minimum Gasteiger partial charge on any atom is -0.370 e. The van der Waals surface area contributed by atoms with Gasteiger partial charge in [-0.2, -0.15) is 0 Å². The fourth-order valence-corrected chi connectivity index (χ4v) is 3.92. The van der Waals surface area contributed by atoms with Crippen molar-refractivity contribution >= 4 is 23.5 Å². The Bertz CT molecular complexity index is 1030. The van der Waals surface area contributed by atoms with Crippen molar-refractivity contribution in [3.05, 3.63) is 94.2 Å². The second-order valence-corrected chi connectivity index (χ2v) is 8.05. The zero-order valence-corrected chi connectivity index (χ0v) is 17.2. The molecular weight excluding hydrogens is 402 g/mol. The van der Waals surface area contributed by atoms with Gasteiger partial charge in [-0.1, -0.05) is 54.1 Å². The summed E-state index contributed by atoms with van der Waals surface area (Å²) >= 11 is 5.95. The van der Waals surface area contributed by atoms with Gasteiger partial charge >= 0.3 is 6.03 Å². The van der Waals surface area contributed by atoms with Gasteiger partial charge in [0.15, 0.2) is 5.54 Å². The molecule has 2 unspecified atom stereocenters. The first kappa shape index (κ1) is 20.2. The maximum Gasteiger partial charge on any atom is 0.322 e. The van der Waals surface area contributed by atoms with Crippen LogP contribution in [0.2, 0.25) is 5.02 Å². The number of amides is 3. The number of nitrogens with zero attached hydrogens (tertiary/aromatic N) is 1. The summed E-state index contributed by atoms with van der Waals surface area (Å²) in [5, 5.41) is 16.3. The molecule has 2 heterocycles. The van der Waals surface area contributed by atoms with Crippen LogP contribution < -0.4 is 10.6 Å². The molecule has 1 fully saturated rings. The molecule has 0 radical (unpaired) electrons. The molecule has 4 rings (SSSR count). The Morgan fingerprint density at radius 2 is 1.70 bits per heavy atom. The molecule has 2 atom stereocenters. The number of hydrogen-bond acceptors (Lipinski definition) is 4. The summed E-state index contributed by atoms with van der Waals surface area (Å²) in [6, 6.07) is 14.7. The zero-order chi connectivity index (χ0) is 21.3. The highest BCUT2D eigenvalue weighted by Crippen LogP contribution is 2.29. The molecule has 1 saturated heterocycles. The number of urea groups is 1. The summed E-state index contributed by atoms with van der Waals surface area (Å²) in [5.41, 5.74) is 2.31. The molecule has 6 nitrogen and oxygen atoms in total. The Morgan fingerprint density at radius 3 is 2.30 bits per heavy atom. The summed E-state index contributed by atoms with van der Waals surface area (Å²) in [7, 11) is 0. The van der Waals surface area contributed by atoms with Crippen LogP contribution in [0.5, 0.6) is 0 Å². The van der Waals surface area contributed by atoms with Gasteiger partial charge in [0.05, 0.1) is 6.54 Å². The summed E-state index contributed by atoms with van der Waals surface area (Å²) in [6.45, 7) is 1.91. The van der Waals surface area contributed by atoms with Gasteiger partial charge in [-0.05, 0) is 53.8 Å². The van der Waals surface area contributed by atoms with E-state index < -0.39 is 23.7 Å². The Morgan fingerprint density at radius 1 is 1.07 bits per heavy atom. The molecule has 2 aliphatic rings. The number of carbonyl (C=O) groups is 2. The second-order valence-electron chi connectivity index (χ2n) is 7.61. The topological polar surface area (TPSA) is 81.7 Å². The Balaban J connectivity index is 1.61. The molecule has 0 aliphatic carbocycles. The van der Waals surface area contributed by atoms with Crippen LogP contribution in [0, 0.1) is 0 Å². The van der Waals surface area contributed by atoms with Gasteiger partial charge in [0.25, 0.3) is 5.91 Å². The third kappa shape index (κ3) is 3.84. The predicted octanol–water partition coefficient (Wildman–Crippen LogP) is 3.06. The first-order valence-electron chi connectivity index (χ1n) is 9.64. The van der Waals surface area contributed by atoms with E-state index in [0.29, 0.717) is 10.6 Å². The van der Waals surface area contributed by atoms with E-state index in [0.717, 1.165) is 23.1 Å². The highest BCUT2D eigenvalue weighted by Gasteiger charge is 2.49. The SMILES string of the molecule is CC1=CC=CN(CC2(c3ccc(Cc4ccc(Cl)cc4)cc3)NC(=O)NC2=O)C1O. The van der Waals surface area contributed by atoms with Crippen molar-refractivity contribution in [2.45, 2.75) is 25.1 Å². The molecule has 0 aromatic heterocycles. The summed E-state index contributed by atoms with van der Waals surface area (Å²) in [6.07, 6.45) is 5.19. The van der Waals surface area contributed by atoms with Crippen molar-refractivity contribution in [1.29, 1.82) is 0 Å². The number of carbonyl (C=O) groups excluding carboxylic acids is 2. The second kappa shape index (κ2) is 7.97. The van der Waals surface area contributed by atoms with Gasteiger partial charge in [0, 0.05) is 11.2 Å². The number of allylic oxidation sites excluding steroid dienone is 2. The first-order chi connectivity index (χ1) is 14.4. The van der Waals surface area contributed by atoms with Crippen molar-refractivity contribution in [2.24, 2.45) is 0 Å². The van der Waals surface area contributed by atoms with E-state index in [2.05, 4.69) is 10.6 Å². The van der Waals surface area contributed by atoms with Crippen LogP contribution in [0.3, 0.4) is 0 Å². The number of nitrogens with one attached hydrogen (secondary N) is 2. The molecule has 0 bridgehead atoms. The molecule has 0 saturated carbocycles. The Hall–Kier alpha value is -3.09. The van der Waals surface area contributed by atoms with Gasteiger partial charge in [-0.25, -0.2) is 4.79 Å². The van der Waals surface area contributed by atoms with Gasteiger partial charge in [0.1, 0.15) is 6.23 Å². The third-order valence-electron chi connectivity index (χ3n) is 5.49. The van der Waals surface area contributed by atoms with Gasteiger partial charge in [-0.15, -0.1) is 0 Å². The molecule has 3 N–H and O–H groups in total.